The molecule has 16 heteroatoms. The lowest BCUT2D eigenvalue weighted by atomic mass is 10.0. The van der Waals surface area contributed by atoms with Gasteiger partial charge in [0.25, 0.3) is 0 Å². The van der Waals surface area contributed by atoms with Crippen molar-refractivity contribution in [2.45, 2.75) is 144 Å². The average Bonchev–Trinajstić information content (AvgIpc) is 1.60. The topological polar surface area (TPSA) is 35.3 Å². The quantitative estimate of drug-likeness (QED) is 0.142. The highest BCUT2D eigenvalue weighted by Gasteiger charge is 2.25. The summed E-state index contributed by atoms with van der Waals surface area (Å²) in [6.07, 6.45) is 3.46. The maximum atomic E-state index is 13.9. The van der Waals surface area contributed by atoms with E-state index in [0.29, 0.717) is 76.6 Å². The molecule has 120 heavy (non-hydrogen) atoms. The molecule has 17 aromatic rings. The van der Waals surface area contributed by atoms with E-state index in [9.17, 15) is 57.1 Å². The number of hydrogen-bond acceptors (Lipinski definition) is 3. The van der Waals surface area contributed by atoms with Crippen molar-refractivity contribution in [1.29, 1.82) is 0 Å². The van der Waals surface area contributed by atoms with Crippen LogP contribution in [0.4, 0.5) is 57.1 Å². The molecule has 0 saturated carbocycles. The van der Waals surface area contributed by atoms with E-state index >= 15 is 0 Å². The summed E-state index contributed by atoms with van der Waals surface area (Å²) in [6.45, 7) is 32.3. The van der Waals surface area contributed by atoms with Crippen LogP contribution >= 0.6 is 0 Å². The lowest BCUT2D eigenvalue weighted by Crippen LogP contribution is -2.20. The first kappa shape index (κ1) is 90.0. The Kier molecular flexibility index (Phi) is 29.3. The number of aryl methyl sites for hydroxylation is 17. The largest absolute Gasteiger partial charge is 0.487 e. The zero-order valence-corrected chi connectivity index (χ0v) is 70.4. The molecule has 0 fully saturated rings. The molecule has 0 aliphatic carbocycles. The Hall–Kier alpha value is -12.3. The molecule has 0 saturated heterocycles. The summed E-state index contributed by atoms with van der Waals surface area (Å²) in [4.78, 5) is 4.08. The third-order valence-corrected chi connectivity index (χ3v) is 20.7. The van der Waals surface area contributed by atoms with Gasteiger partial charge in [-0.05, 0) is 285 Å². The standard InChI is InChI=1S/C14H10F2O.C12H9F3.2C12H10F2.2C12H11F.C12H12.C11H12F2O.C7H9N/c1-7-3-5-9-10-6-4-8(2)12(16)14(10)17-13(9)11(7)15;1-6-3-4-8-5-7(2)11(14)12(15)9(8)10(6)13;1-7-3-4-10-9(5-7)6-11(13)8(2)12(10)14;1-7-3-4-9-6-8(2)11(13)12(14)10(9)5-7;1-8-3-6-11-10(7-8)5-4-9(2)12(11)13;1-8-3-4-10-6-9(2)12(13)7-11(10)5-8;1-9-3-5-12-8-10(2)4-6-11(12)7-9;1-6-5-8-4-3-7(2)14-11(8)10(13)9(6)12;1-6-3-4-7(2)8-5-6/h3-6H,1-2H3;3-5H,1-2H3;2*3-6H,1-2H3;2*3-7H,1-2H3;3-8H,1-2H3;5,7H,3-4H2,1-2H3;3-5H,1-2H3. The van der Waals surface area contributed by atoms with Crippen LogP contribution in [0.15, 0.2) is 217 Å². The van der Waals surface area contributed by atoms with Gasteiger partial charge in [-0.3, -0.25) is 4.98 Å². The zero-order valence-electron chi connectivity index (χ0n) is 70.4. The van der Waals surface area contributed by atoms with E-state index in [4.69, 9.17) is 9.15 Å². The van der Waals surface area contributed by atoms with Crippen LogP contribution in [0.1, 0.15) is 114 Å². The zero-order chi connectivity index (χ0) is 87.6. The fraction of sp³-hybridized carbons (Fsp3) is 0.202. The van der Waals surface area contributed by atoms with Crippen LogP contribution in [0, 0.1) is 193 Å². The number of aromatic nitrogens is 1. The number of hydrogen-bond donors (Lipinski definition) is 0. The molecule has 0 spiro atoms. The molecule has 0 bridgehead atoms. The van der Waals surface area contributed by atoms with E-state index in [1.54, 1.807) is 120 Å². The Morgan fingerprint density at radius 3 is 1.19 bits per heavy atom. The number of ether oxygens (including phenoxy) is 1. The summed E-state index contributed by atoms with van der Waals surface area (Å²) in [5.74, 6) is -7.81. The van der Waals surface area contributed by atoms with Gasteiger partial charge in [-0.25, -0.2) is 52.7 Å². The van der Waals surface area contributed by atoms with Gasteiger partial charge in [-0.1, -0.05) is 191 Å². The number of pyridine rings is 1. The molecule has 618 valence electrons. The second kappa shape index (κ2) is 39.1. The van der Waals surface area contributed by atoms with Gasteiger partial charge >= 0.3 is 0 Å². The van der Waals surface area contributed by atoms with Crippen molar-refractivity contribution in [2.75, 3.05) is 0 Å². The van der Waals surface area contributed by atoms with Crippen LogP contribution in [-0.4, -0.2) is 11.1 Å². The average molecular weight is 1640 g/mol. The number of nitrogens with zero attached hydrogens (tertiary/aromatic N) is 1. The minimum absolute atomic E-state index is 0.0286. The highest BCUT2D eigenvalue weighted by Crippen LogP contribution is 2.37. The number of benzene rings is 15. The number of furan rings is 1. The third-order valence-electron chi connectivity index (χ3n) is 20.7. The van der Waals surface area contributed by atoms with Crippen molar-refractivity contribution in [3.05, 3.63) is 388 Å². The SMILES string of the molecule is Cc1cc2c(c(F)c1F)OC(C)CC2.Cc1cc2ccc(C)c(F)c2c(F)c1F.Cc1ccc(C)nc1.Cc1ccc2c(F)c(C)c(F)cc2c1.Cc1ccc2c(F)c(C)ccc2c1.Cc1ccc2c(oc3c(F)c(C)ccc32)c1F.Cc1ccc2cc(C)c(F)c(F)c2c1.Cc1ccc2cc(C)c(F)cc2c1.Cc1ccc2cc(C)ccc2c1. The van der Waals surface area contributed by atoms with Gasteiger partial charge in [0, 0.05) is 44.4 Å². The predicted octanol–water partition coefficient (Wildman–Crippen LogP) is 31.2. The highest BCUT2D eigenvalue weighted by molar-refractivity contribution is 6.05. The maximum Gasteiger partial charge on any atom is 0.201 e. The van der Waals surface area contributed by atoms with E-state index in [-0.39, 0.29) is 51.2 Å². The molecule has 1 aliphatic rings. The van der Waals surface area contributed by atoms with Gasteiger partial charge in [-0.15, -0.1) is 0 Å². The summed E-state index contributed by atoms with van der Waals surface area (Å²) in [6, 6.07) is 63.0. The highest BCUT2D eigenvalue weighted by atomic mass is 19.2. The molecule has 2 aromatic heterocycles. The van der Waals surface area contributed by atoms with Crippen molar-refractivity contribution < 1.29 is 66.2 Å². The first-order valence-corrected chi connectivity index (χ1v) is 39.1. The molecule has 1 unspecified atom stereocenters. The Labute approximate surface area is 691 Å². The molecule has 0 amide bonds. The normalized spacial score (nSPS) is 11.9. The number of halogens is 13. The fourth-order valence-corrected chi connectivity index (χ4v) is 13.6. The molecule has 18 rings (SSSR count). The van der Waals surface area contributed by atoms with Crippen molar-refractivity contribution in [2.24, 2.45) is 0 Å². The lowest BCUT2D eigenvalue weighted by Gasteiger charge is -2.24. The van der Waals surface area contributed by atoms with Crippen LogP contribution in [0.3, 0.4) is 0 Å². The van der Waals surface area contributed by atoms with Crippen molar-refractivity contribution in [3.63, 3.8) is 0 Å². The second-order valence-corrected chi connectivity index (χ2v) is 30.9. The third kappa shape index (κ3) is 21.4. The monoisotopic (exact) mass is 1640 g/mol. The van der Waals surface area contributed by atoms with Crippen LogP contribution < -0.4 is 4.74 Å². The number of rotatable bonds is 0. The summed E-state index contributed by atoms with van der Waals surface area (Å²) in [7, 11) is 0. The first-order chi connectivity index (χ1) is 56.8. The maximum absolute atomic E-state index is 13.9. The van der Waals surface area contributed by atoms with Gasteiger partial charge in [-0.2, -0.15) is 4.39 Å². The molecule has 1 aliphatic heterocycles. The van der Waals surface area contributed by atoms with Gasteiger partial charge in [0.05, 0.1) is 11.5 Å². The molecule has 3 heterocycles. The summed E-state index contributed by atoms with van der Waals surface area (Å²) >= 11 is 0. The van der Waals surface area contributed by atoms with Crippen molar-refractivity contribution in [1.82, 2.24) is 4.98 Å². The Balaban J connectivity index is 0.000000142. The van der Waals surface area contributed by atoms with E-state index in [1.807, 2.05) is 127 Å². The molecule has 0 radical (unpaired) electrons. The van der Waals surface area contributed by atoms with E-state index in [1.165, 1.54) is 60.4 Å². The second-order valence-electron chi connectivity index (χ2n) is 30.9. The molecule has 0 N–H and O–H groups in total. The van der Waals surface area contributed by atoms with Crippen molar-refractivity contribution in [3.8, 4) is 5.75 Å². The Morgan fingerprint density at radius 1 is 0.267 bits per heavy atom. The van der Waals surface area contributed by atoms with E-state index in [0.717, 1.165) is 67.9 Å². The van der Waals surface area contributed by atoms with Gasteiger partial charge in [0.15, 0.2) is 57.6 Å². The lowest BCUT2D eigenvalue weighted by molar-refractivity contribution is 0.180. The Bertz CT molecular complexity index is 6530. The predicted molar refractivity (Wildman–Crippen MR) is 466 cm³/mol. The van der Waals surface area contributed by atoms with Crippen LogP contribution in [0.5, 0.6) is 5.75 Å². The van der Waals surface area contributed by atoms with E-state index < -0.39 is 64.0 Å². The number of fused-ring (bicyclic) bond motifs is 10. The van der Waals surface area contributed by atoms with Crippen LogP contribution in [-0.2, 0) is 6.42 Å². The summed E-state index contributed by atoms with van der Waals surface area (Å²) in [5, 5.41) is 9.97. The van der Waals surface area contributed by atoms with Gasteiger partial charge < -0.3 is 9.15 Å². The molecular weight excluding hydrogens is 1540 g/mol. The van der Waals surface area contributed by atoms with E-state index in [2.05, 4.69) is 61.3 Å². The molecular formula is C104H94F13NO2. The Morgan fingerprint density at radius 2 is 0.650 bits per heavy atom. The van der Waals surface area contributed by atoms with Gasteiger partial charge in [0.2, 0.25) is 5.82 Å². The molecule has 3 nitrogen and oxygen atoms in total. The smallest absolute Gasteiger partial charge is 0.201 e. The minimum atomic E-state index is -1.11. The molecule has 15 aromatic carbocycles. The molecule has 1 atom stereocenters. The summed E-state index contributed by atoms with van der Waals surface area (Å²) < 4.78 is 185. The fourth-order valence-electron chi connectivity index (χ4n) is 13.6. The first-order valence-electron chi connectivity index (χ1n) is 39.1. The van der Waals surface area contributed by atoms with Crippen LogP contribution in [0.25, 0.3) is 86.6 Å². The van der Waals surface area contributed by atoms with Gasteiger partial charge in [0.1, 0.15) is 29.1 Å². The van der Waals surface area contributed by atoms with Crippen molar-refractivity contribution >= 4 is 86.6 Å². The van der Waals surface area contributed by atoms with Crippen LogP contribution in [0.2, 0.25) is 0 Å². The minimum Gasteiger partial charge on any atom is -0.487 e. The summed E-state index contributed by atoms with van der Waals surface area (Å²) in [5.41, 5.74) is 13.9.